The summed E-state index contributed by atoms with van der Waals surface area (Å²) < 4.78 is 61.3. The standard InChI is InChI=1S/C91H152O16P2/c1-4-7-10-13-16-19-22-25-28-31-33-35-37-39-41-42-44-46-47-49-51-54-56-59-62-65-68-71-74-77-89(94)101-80-86(92)81-103-108(97,98)104-82-87(93)83-105-109(99,100)106-85-88(107-91(96)79-76-73-70-67-64-61-58-53-30-27-24-21-18-15-12-9-6-3)84-102-90(95)78-75-72-69-66-63-60-57-55-52-50-48-45-43-40-38-36-34-32-29-26-23-20-17-14-11-8-5-2/h7,9-10,12,16-21,25-30,33-36,39-41,43-44,46,58,61,86-88,92-93H,4-6,8,11,13-15,22-24,31-32,37-38,42,45,47-57,59-60,62-85H2,1-3H3,(H,97,98)(H,99,100)/b10-7-,12-9-,19-16-,20-17-,21-18-,28-25-,29-26-,30-27-,35-33-,36-34-,41-39-,43-40-,46-44-,61-58-. The van der Waals surface area contributed by atoms with Gasteiger partial charge in [-0.05, 0) is 154 Å². The van der Waals surface area contributed by atoms with Crippen LogP contribution < -0.4 is 0 Å². The minimum atomic E-state index is -4.95. The molecule has 109 heavy (non-hydrogen) atoms. The monoisotopic (exact) mass is 1560 g/mol. The number of phosphoric acid groups is 2. The predicted molar refractivity (Wildman–Crippen MR) is 454 cm³/mol. The van der Waals surface area contributed by atoms with Crippen molar-refractivity contribution in [2.24, 2.45) is 0 Å². The van der Waals surface area contributed by atoms with E-state index in [0.29, 0.717) is 19.3 Å². The van der Waals surface area contributed by atoms with Gasteiger partial charge in [0.1, 0.15) is 25.4 Å². The molecule has 4 N–H and O–H groups in total. The Labute approximate surface area is 662 Å². The van der Waals surface area contributed by atoms with Crippen molar-refractivity contribution in [3.8, 4) is 0 Å². The first-order valence-corrected chi connectivity index (χ1v) is 45.4. The third-order valence-electron chi connectivity index (χ3n) is 17.4. The summed E-state index contributed by atoms with van der Waals surface area (Å²) >= 11 is 0. The number of allylic oxidation sites excluding steroid dienone is 28. The minimum Gasteiger partial charge on any atom is -0.463 e. The summed E-state index contributed by atoms with van der Waals surface area (Å²) in [7, 11) is -9.82. The molecule has 0 saturated heterocycles. The molecular weight excluding hydrogens is 1410 g/mol. The molecule has 0 radical (unpaired) electrons. The quantitative estimate of drug-likeness (QED) is 0.0146. The van der Waals surface area contributed by atoms with Gasteiger partial charge in [-0.15, -0.1) is 0 Å². The molecule has 0 spiro atoms. The number of hydrogen-bond donors (Lipinski definition) is 4. The average molecular weight is 1560 g/mol. The second kappa shape index (κ2) is 82.4. The van der Waals surface area contributed by atoms with E-state index in [4.69, 9.17) is 32.3 Å². The van der Waals surface area contributed by atoms with Crippen LogP contribution in [0.3, 0.4) is 0 Å². The Bertz CT molecular complexity index is 2660. The van der Waals surface area contributed by atoms with Crippen LogP contribution >= 0.6 is 15.6 Å². The minimum absolute atomic E-state index is 0.0713. The zero-order valence-electron chi connectivity index (χ0n) is 68.2. The van der Waals surface area contributed by atoms with E-state index in [-0.39, 0.29) is 19.3 Å². The van der Waals surface area contributed by atoms with E-state index in [1.807, 2.05) is 0 Å². The van der Waals surface area contributed by atoms with Crippen LogP contribution in [0.5, 0.6) is 0 Å². The van der Waals surface area contributed by atoms with E-state index in [2.05, 4.69) is 191 Å². The lowest BCUT2D eigenvalue weighted by Gasteiger charge is -2.21. The van der Waals surface area contributed by atoms with E-state index in [1.165, 1.54) is 96.3 Å². The molecule has 0 aliphatic rings. The highest BCUT2D eigenvalue weighted by Gasteiger charge is 2.29. The summed E-state index contributed by atoms with van der Waals surface area (Å²) in [4.78, 5) is 58.8. The first kappa shape index (κ1) is 104. The highest BCUT2D eigenvalue weighted by Crippen LogP contribution is 2.45. The van der Waals surface area contributed by atoms with Crippen LogP contribution in [0.15, 0.2) is 170 Å². The summed E-state index contributed by atoms with van der Waals surface area (Å²) in [5.41, 5.74) is 0. The second-order valence-corrected chi connectivity index (χ2v) is 30.8. The third-order valence-corrected chi connectivity index (χ3v) is 19.3. The molecule has 0 saturated carbocycles. The highest BCUT2D eigenvalue weighted by atomic mass is 31.2. The van der Waals surface area contributed by atoms with Crippen molar-refractivity contribution in [3.63, 3.8) is 0 Å². The molecule has 0 aromatic carbocycles. The summed E-state index contributed by atoms with van der Waals surface area (Å²) in [5, 5.41) is 20.7. The Morgan fingerprint density at radius 2 is 0.486 bits per heavy atom. The molecule has 622 valence electrons. The van der Waals surface area contributed by atoms with Crippen molar-refractivity contribution in [2.75, 3.05) is 39.6 Å². The lowest BCUT2D eigenvalue weighted by molar-refractivity contribution is -0.161. The van der Waals surface area contributed by atoms with Gasteiger partial charge in [0, 0.05) is 19.3 Å². The molecule has 0 amide bonds. The number of aliphatic hydroxyl groups excluding tert-OH is 2. The number of aliphatic hydroxyl groups is 2. The number of esters is 3. The van der Waals surface area contributed by atoms with Crippen LogP contribution in [0.4, 0.5) is 0 Å². The van der Waals surface area contributed by atoms with Gasteiger partial charge >= 0.3 is 33.6 Å². The van der Waals surface area contributed by atoms with E-state index in [0.717, 1.165) is 173 Å². The molecule has 0 heterocycles. The second-order valence-electron chi connectivity index (χ2n) is 27.9. The highest BCUT2D eigenvalue weighted by molar-refractivity contribution is 7.47. The van der Waals surface area contributed by atoms with Gasteiger partial charge in [-0.1, -0.05) is 326 Å². The normalized spacial score (nSPS) is 14.7. The van der Waals surface area contributed by atoms with Gasteiger partial charge in [0.15, 0.2) is 6.10 Å². The van der Waals surface area contributed by atoms with Gasteiger partial charge < -0.3 is 34.2 Å². The van der Waals surface area contributed by atoms with Gasteiger partial charge in [0.25, 0.3) is 0 Å². The fourth-order valence-corrected chi connectivity index (χ4v) is 12.6. The average Bonchev–Trinajstić information content (AvgIpc) is 0.902. The number of phosphoric ester groups is 2. The van der Waals surface area contributed by atoms with Gasteiger partial charge in [0.05, 0.1) is 26.4 Å². The van der Waals surface area contributed by atoms with E-state index < -0.39 is 91.5 Å². The fourth-order valence-electron chi connectivity index (χ4n) is 11.0. The number of ether oxygens (including phenoxy) is 3. The predicted octanol–water partition coefficient (Wildman–Crippen LogP) is 25.5. The Morgan fingerprint density at radius 3 is 0.771 bits per heavy atom. The molecule has 0 aromatic heterocycles. The zero-order valence-corrected chi connectivity index (χ0v) is 70.0. The van der Waals surface area contributed by atoms with E-state index in [9.17, 15) is 43.5 Å². The third kappa shape index (κ3) is 83.7. The van der Waals surface area contributed by atoms with Crippen molar-refractivity contribution in [1.82, 2.24) is 0 Å². The topological polar surface area (TPSA) is 231 Å². The van der Waals surface area contributed by atoms with Crippen LogP contribution in [0.1, 0.15) is 329 Å². The Hall–Kier alpha value is -5.09. The molecule has 0 rings (SSSR count). The number of carbonyl (C=O) groups excluding carboxylic acids is 3. The molecular formula is C91H152O16P2. The van der Waals surface area contributed by atoms with E-state index >= 15 is 0 Å². The number of carbonyl (C=O) groups is 3. The smallest absolute Gasteiger partial charge is 0.463 e. The molecule has 5 unspecified atom stereocenters. The van der Waals surface area contributed by atoms with Gasteiger partial charge in [0.2, 0.25) is 0 Å². The maximum Gasteiger partial charge on any atom is 0.472 e. The fraction of sp³-hybridized carbons (Fsp3) is 0.659. The van der Waals surface area contributed by atoms with Gasteiger partial charge in [-0.3, -0.25) is 32.5 Å². The Morgan fingerprint density at radius 1 is 0.266 bits per heavy atom. The maximum atomic E-state index is 13.0. The summed E-state index contributed by atoms with van der Waals surface area (Å²) in [5.74, 6) is -1.61. The Kier molecular flexibility index (Phi) is 78.5. The molecule has 0 aliphatic heterocycles. The molecule has 0 aromatic rings. The van der Waals surface area contributed by atoms with Crippen molar-refractivity contribution in [2.45, 2.75) is 347 Å². The van der Waals surface area contributed by atoms with Crippen molar-refractivity contribution >= 4 is 33.6 Å². The van der Waals surface area contributed by atoms with Gasteiger partial charge in [-0.25, -0.2) is 9.13 Å². The molecule has 5 atom stereocenters. The zero-order chi connectivity index (χ0) is 79.4. The first-order chi connectivity index (χ1) is 53.2. The van der Waals surface area contributed by atoms with Crippen molar-refractivity contribution in [3.05, 3.63) is 170 Å². The first-order valence-electron chi connectivity index (χ1n) is 42.4. The van der Waals surface area contributed by atoms with Crippen LogP contribution in [0.2, 0.25) is 0 Å². The summed E-state index contributed by atoms with van der Waals surface area (Å²) in [6.45, 7) is 2.40. The number of rotatable bonds is 79. The van der Waals surface area contributed by atoms with Crippen molar-refractivity contribution in [1.29, 1.82) is 0 Å². The number of unbranched alkanes of at least 4 members (excludes halogenated alkanes) is 28. The molecule has 0 fully saturated rings. The van der Waals surface area contributed by atoms with Gasteiger partial charge in [-0.2, -0.15) is 0 Å². The van der Waals surface area contributed by atoms with E-state index in [1.54, 1.807) is 0 Å². The Balaban J connectivity index is 4.60. The molecule has 0 bridgehead atoms. The maximum absolute atomic E-state index is 13.0. The lowest BCUT2D eigenvalue weighted by atomic mass is 10.0. The lowest BCUT2D eigenvalue weighted by Crippen LogP contribution is -2.30. The SMILES string of the molecule is CC/C=C\C/C=C\C/C=C\C/C=C\C/C=C\C/C=C\CCCCCCCCCCCCC(=O)OCC(O)COP(=O)(O)OCC(O)COP(=O)(O)OCC(COC(=O)CCCCCCCCCCCCC/C=C\C/C=C\C/C=C\C/C=C\CCCCC)OC(=O)CCCCCC/C=C\C/C=C\C/C=C\C/C=C\CC. The van der Waals surface area contributed by atoms with Crippen LogP contribution in [-0.2, 0) is 55.8 Å². The van der Waals surface area contributed by atoms with Crippen LogP contribution in [-0.4, -0.2) is 95.9 Å². The van der Waals surface area contributed by atoms with Crippen molar-refractivity contribution < 1.29 is 75.8 Å². The molecule has 18 heteroatoms. The summed E-state index contributed by atoms with van der Waals surface area (Å²) in [6, 6.07) is 0. The number of hydrogen-bond acceptors (Lipinski definition) is 14. The van der Waals surface area contributed by atoms with Crippen LogP contribution in [0.25, 0.3) is 0 Å². The van der Waals surface area contributed by atoms with Crippen LogP contribution in [0, 0.1) is 0 Å². The summed E-state index contributed by atoms with van der Waals surface area (Å²) in [6.07, 6.45) is 105. The molecule has 16 nitrogen and oxygen atoms in total. The molecule has 0 aliphatic carbocycles. The largest absolute Gasteiger partial charge is 0.472 e.